The summed E-state index contributed by atoms with van der Waals surface area (Å²) in [6.07, 6.45) is 6.57. The van der Waals surface area contributed by atoms with E-state index in [-0.39, 0.29) is 0 Å². The molecule has 2 atom stereocenters. The molecule has 0 radical (unpaired) electrons. The van der Waals surface area contributed by atoms with E-state index in [0.717, 1.165) is 43.0 Å². The molecule has 1 aromatic heterocycles. The molecular formula is C16H24N4O. The SMILES string of the molecule is CCNc1cc(NC2CCOC2C2CC2)nc(C2CC2)n1. The third-order valence-electron chi connectivity index (χ3n) is 4.60. The second-order valence-corrected chi connectivity index (χ2v) is 6.51. The standard InChI is InChI=1S/C16H24N4O/c1-2-17-13-9-14(20-16(19-13)11-5-6-11)18-12-7-8-21-15(12)10-3-4-10/h9-12,15H,2-8H2,1H3,(H2,17,18,19,20). The minimum Gasteiger partial charge on any atom is -0.376 e. The first kappa shape index (κ1) is 13.3. The van der Waals surface area contributed by atoms with Crippen molar-refractivity contribution < 1.29 is 4.74 Å². The number of hydrogen-bond donors (Lipinski definition) is 2. The maximum Gasteiger partial charge on any atom is 0.136 e. The van der Waals surface area contributed by atoms with Crippen LogP contribution >= 0.6 is 0 Å². The molecule has 4 rings (SSSR count). The van der Waals surface area contributed by atoms with Crippen LogP contribution in [0.15, 0.2) is 6.07 Å². The Labute approximate surface area is 125 Å². The number of ether oxygens (including phenoxy) is 1. The van der Waals surface area contributed by atoms with E-state index in [0.29, 0.717) is 18.1 Å². The van der Waals surface area contributed by atoms with E-state index in [1.165, 1.54) is 25.7 Å². The number of nitrogens with zero attached hydrogens (tertiary/aromatic N) is 2. The maximum absolute atomic E-state index is 5.91. The first-order chi connectivity index (χ1) is 10.3. The fourth-order valence-electron chi connectivity index (χ4n) is 3.18. The van der Waals surface area contributed by atoms with E-state index in [4.69, 9.17) is 9.72 Å². The molecule has 1 saturated heterocycles. The van der Waals surface area contributed by atoms with Gasteiger partial charge in [0.2, 0.25) is 0 Å². The predicted molar refractivity (Wildman–Crippen MR) is 82.7 cm³/mol. The van der Waals surface area contributed by atoms with Crippen LogP contribution in [-0.2, 0) is 4.74 Å². The van der Waals surface area contributed by atoms with E-state index < -0.39 is 0 Å². The monoisotopic (exact) mass is 288 g/mol. The Bertz CT molecular complexity index is 513. The van der Waals surface area contributed by atoms with Crippen molar-refractivity contribution in [3.8, 4) is 0 Å². The van der Waals surface area contributed by atoms with E-state index in [1.807, 2.05) is 6.07 Å². The van der Waals surface area contributed by atoms with Crippen LogP contribution in [0.25, 0.3) is 0 Å². The van der Waals surface area contributed by atoms with Gasteiger partial charge in [0, 0.05) is 25.1 Å². The first-order valence-electron chi connectivity index (χ1n) is 8.34. The van der Waals surface area contributed by atoms with Gasteiger partial charge in [0.25, 0.3) is 0 Å². The fourth-order valence-corrected chi connectivity index (χ4v) is 3.18. The molecule has 0 spiro atoms. The van der Waals surface area contributed by atoms with Crippen LogP contribution in [0.5, 0.6) is 0 Å². The fraction of sp³-hybridized carbons (Fsp3) is 0.750. The lowest BCUT2D eigenvalue weighted by molar-refractivity contribution is 0.0898. The predicted octanol–water partition coefficient (Wildman–Crippen LogP) is 2.77. The smallest absolute Gasteiger partial charge is 0.136 e. The van der Waals surface area contributed by atoms with Gasteiger partial charge in [-0.1, -0.05) is 0 Å². The van der Waals surface area contributed by atoms with Gasteiger partial charge < -0.3 is 15.4 Å². The van der Waals surface area contributed by atoms with E-state index in [9.17, 15) is 0 Å². The zero-order valence-corrected chi connectivity index (χ0v) is 12.6. The highest BCUT2D eigenvalue weighted by atomic mass is 16.5. The number of rotatable bonds is 6. The molecule has 1 aromatic rings. The Morgan fingerprint density at radius 3 is 2.67 bits per heavy atom. The topological polar surface area (TPSA) is 59.1 Å². The number of aromatic nitrogens is 2. The third-order valence-corrected chi connectivity index (χ3v) is 4.60. The molecule has 3 aliphatic rings. The molecule has 2 unspecified atom stereocenters. The second-order valence-electron chi connectivity index (χ2n) is 6.51. The summed E-state index contributed by atoms with van der Waals surface area (Å²) in [6.45, 7) is 3.86. The highest BCUT2D eigenvalue weighted by Gasteiger charge is 2.40. The molecule has 0 aromatic carbocycles. The number of hydrogen-bond acceptors (Lipinski definition) is 5. The average molecular weight is 288 g/mol. The van der Waals surface area contributed by atoms with Crippen molar-refractivity contribution in [2.45, 2.75) is 57.1 Å². The molecule has 3 fully saturated rings. The molecule has 2 aliphatic carbocycles. The Morgan fingerprint density at radius 2 is 1.95 bits per heavy atom. The van der Waals surface area contributed by atoms with Crippen LogP contribution < -0.4 is 10.6 Å². The largest absolute Gasteiger partial charge is 0.376 e. The normalized spacial score (nSPS) is 28.6. The Balaban J connectivity index is 1.52. The summed E-state index contributed by atoms with van der Waals surface area (Å²) in [5, 5.41) is 6.94. The zero-order valence-electron chi connectivity index (χ0n) is 12.6. The lowest BCUT2D eigenvalue weighted by Gasteiger charge is -2.20. The van der Waals surface area contributed by atoms with Gasteiger partial charge >= 0.3 is 0 Å². The molecule has 2 N–H and O–H groups in total. The van der Waals surface area contributed by atoms with Crippen molar-refractivity contribution in [3.05, 3.63) is 11.9 Å². The second kappa shape index (κ2) is 5.44. The van der Waals surface area contributed by atoms with Crippen LogP contribution in [0.4, 0.5) is 11.6 Å². The number of nitrogens with one attached hydrogen (secondary N) is 2. The minimum absolute atomic E-state index is 0.381. The van der Waals surface area contributed by atoms with Crippen LogP contribution in [0.2, 0.25) is 0 Å². The van der Waals surface area contributed by atoms with E-state index >= 15 is 0 Å². The molecular weight excluding hydrogens is 264 g/mol. The van der Waals surface area contributed by atoms with Crippen molar-refractivity contribution >= 4 is 11.6 Å². The molecule has 21 heavy (non-hydrogen) atoms. The summed E-state index contributed by atoms with van der Waals surface area (Å²) >= 11 is 0. The number of anilines is 2. The van der Waals surface area contributed by atoms with Gasteiger partial charge in [-0.2, -0.15) is 0 Å². The maximum atomic E-state index is 5.91. The molecule has 114 valence electrons. The van der Waals surface area contributed by atoms with Crippen LogP contribution in [0, 0.1) is 5.92 Å². The van der Waals surface area contributed by atoms with Gasteiger partial charge in [-0.05, 0) is 44.9 Å². The molecule has 0 amide bonds. The van der Waals surface area contributed by atoms with Gasteiger partial charge in [0.05, 0.1) is 12.1 Å². The molecule has 1 aliphatic heterocycles. The average Bonchev–Trinajstić information content (AvgIpc) is 3.39. The van der Waals surface area contributed by atoms with Gasteiger partial charge in [-0.25, -0.2) is 9.97 Å². The molecule has 2 saturated carbocycles. The van der Waals surface area contributed by atoms with Crippen molar-refractivity contribution in [3.63, 3.8) is 0 Å². The summed E-state index contributed by atoms with van der Waals surface area (Å²) < 4.78 is 5.91. The first-order valence-corrected chi connectivity index (χ1v) is 8.34. The Morgan fingerprint density at radius 1 is 1.14 bits per heavy atom. The van der Waals surface area contributed by atoms with Gasteiger partial charge in [-0.3, -0.25) is 0 Å². The highest BCUT2D eigenvalue weighted by molar-refractivity contribution is 5.49. The van der Waals surface area contributed by atoms with Gasteiger partial charge in [0.1, 0.15) is 17.5 Å². The van der Waals surface area contributed by atoms with Crippen molar-refractivity contribution in [1.82, 2.24) is 9.97 Å². The summed E-state index contributed by atoms with van der Waals surface area (Å²) in [7, 11) is 0. The van der Waals surface area contributed by atoms with Crippen molar-refractivity contribution in [1.29, 1.82) is 0 Å². The summed E-state index contributed by atoms with van der Waals surface area (Å²) in [5.74, 6) is 4.24. The Kier molecular flexibility index (Phi) is 3.45. The van der Waals surface area contributed by atoms with Crippen molar-refractivity contribution in [2.75, 3.05) is 23.8 Å². The van der Waals surface area contributed by atoms with Gasteiger partial charge in [0.15, 0.2) is 0 Å². The lowest BCUT2D eigenvalue weighted by atomic mass is 10.1. The van der Waals surface area contributed by atoms with Gasteiger partial charge in [-0.15, -0.1) is 0 Å². The molecule has 5 nitrogen and oxygen atoms in total. The highest BCUT2D eigenvalue weighted by Crippen LogP contribution is 2.41. The summed E-state index contributed by atoms with van der Waals surface area (Å²) in [5.41, 5.74) is 0. The van der Waals surface area contributed by atoms with Crippen molar-refractivity contribution in [2.24, 2.45) is 5.92 Å². The van der Waals surface area contributed by atoms with Crippen LogP contribution in [-0.4, -0.2) is 35.3 Å². The molecule has 5 heteroatoms. The van der Waals surface area contributed by atoms with E-state index in [1.54, 1.807) is 0 Å². The summed E-state index contributed by atoms with van der Waals surface area (Å²) in [6, 6.07) is 2.45. The minimum atomic E-state index is 0.381. The molecule has 0 bridgehead atoms. The lowest BCUT2D eigenvalue weighted by Crippen LogP contribution is -2.31. The Hall–Kier alpha value is -1.36. The quantitative estimate of drug-likeness (QED) is 0.843. The molecule has 2 heterocycles. The van der Waals surface area contributed by atoms with Crippen LogP contribution in [0.1, 0.15) is 50.8 Å². The van der Waals surface area contributed by atoms with Crippen LogP contribution in [0.3, 0.4) is 0 Å². The van der Waals surface area contributed by atoms with E-state index in [2.05, 4.69) is 22.5 Å². The third kappa shape index (κ3) is 2.98. The summed E-state index contributed by atoms with van der Waals surface area (Å²) in [4.78, 5) is 9.37. The zero-order chi connectivity index (χ0) is 14.2.